The summed E-state index contributed by atoms with van der Waals surface area (Å²) < 4.78 is 14.6. The molecule has 0 amide bonds. The Morgan fingerprint density at radius 2 is 1.67 bits per heavy atom. The zero-order valence-corrected chi connectivity index (χ0v) is 17.8. The lowest BCUT2D eigenvalue weighted by Crippen LogP contribution is -2.17. The average molecular weight is 401 g/mol. The maximum absolute atomic E-state index is 6.35. The van der Waals surface area contributed by atoms with Gasteiger partial charge in [0.1, 0.15) is 18.1 Å². The summed E-state index contributed by atoms with van der Waals surface area (Å²) in [4.78, 5) is 4.92. The number of hydrogen-bond donors (Lipinski definition) is 0. The Morgan fingerprint density at radius 1 is 0.867 bits per heavy atom. The van der Waals surface area contributed by atoms with Crippen molar-refractivity contribution >= 4 is 11.0 Å². The largest absolute Gasteiger partial charge is 0.492 e. The fourth-order valence-corrected chi connectivity index (χ4v) is 3.64. The lowest BCUT2D eigenvalue weighted by Gasteiger charge is -2.19. The van der Waals surface area contributed by atoms with Crippen LogP contribution in [-0.4, -0.2) is 16.2 Å². The summed E-state index contributed by atoms with van der Waals surface area (Å²) >= 11 is 0. The lowest BCUT2D eigenvalue weighted by atomic mass is 10.2. The molecule has 0 fully saturated rings. The molecule has 0 radical (unpaired) electrons. The second-order valence-corrected chi connectivity index (χ2v) is 7.60. The van der Waals surface area contributed by atoms with Crippen molar-refractivity contribution in [1.29, 1.82) is 0 Å². The van der Waals surface area contributed by atoms with Crippen LogP contribution in [0.4, 0.5) is 0 Å². The third-order valence-corrected chi connectivity index (χ3v) is 5.22. The molecule has 4 aromatic rings. The zero-order valence-electron chi connectivity index (χ0n) is 17.8. The summed E-state index contributed by atoms with van der Waals surface area (Å²) in [6.45, 7) is 7.56. The quantitative estimate of drug-likeness (QED) is 0.350. The molecule has 154 valence electrons. The minimum absolute atomic E-state index is 0.126. The van der Waals surface area contributed by atoms with Gasteiger partial charge in [-0.05, 0) is 62.2 Å². The van der Waals surface area contributed by atoms with Gasteiger partial charge in [-0.25, -0.2) is 4.98 Å². The van der Waals surface area contributed by atoms with E-state index < -0.39 is 0 Å². The predicted octanol–water partition coefficient (Wildman–Crippen LogP) is 6.26. The summed E-state index contributed by atoms with van der Waals surface area (Å²) in [5.74, 6) is 2.69. The number of rotatable bonds is 8. The number of aryl methyl sites for hydroxylation is 2. The highest BCUT2D eigenvalue weighted by atomic mass is 16.5. The molecule has 4 rings (SSSR count). The molecule has 3 aromatic carbocycles. The molecule has 0 bridgehead atoms. The van der Waals surface area contributed by atoms with E-state index in [1.54, 1.807) is 0 Å². The Hall–Kier alpha value is -3.27. The summed E-state index contributed by atoms with van der Waals surface area (Å²) in [5, 5.41) is 0. The lowest BCUT2D eigenvalue weighted by molar-refractivity contribution is 0.184. The highest BCUT2D eigenvalue weighted by Gasteiger charge is 2.20. The molecule has 0 N–H and O–H groups in total. The molecule has 1 atom stereocenters. The molecule has 0 spiro atoms. The molecule has 1 heterocycles. The van der Waals surface area contributed by atoms with Crippen molar-refractivity contribution in [3.05, 3.63) is 89.7 Å². The number of fused-ring (bicyclic) bond motifs is 1. The van der Waals surface area contributed by atoms with E-state index in [0.717, 1.165) is 34.8 Å². The monoisotopic (exact) mass is 400 g/mol. The fraction of sp³-hybridized carbons (Fsp3) is 0.269. The van der Waals surface area contributed by atoms with Gasteiger partial charge in [0.2, 0.25) is 0 Å². The number of ether oxygens (including phenoxy) is 2. The van der Waals surface area contributed by atoms with Gasteiger partial charge in [0.25, 0.3) is 0 Å². The molecule has 0 aliphatic carbocycles. The van der Waals surface area contributed by atoms with Crippen LogP contribution in [0, 0.1) is 13.8 Å². The minimum atomic E-state index is -0.126. The molecule has 0 aliphatic rings. The van der Waals surface area contributed by atoms with E-state index in [-0.39, 0.29) is 6.10 Å². The first-order valence-corrected chi connectivity index (χ1v) is 10.5. The van der Waals surface area contributed by atoms with E-state index in [1.165, 1.54) is 11.1 Å². The number of benzene rings is 3. The van der Waals surface area contributed by atoms with Crippen LogP contribution in [0.5, 0.6) is 11.5 Å². The van der Waals surface area contributed by atoms with Crippen LogP contribution in [0.3, 0.4) is 0 Å². The minimum Gasteiger partial charge on any atom is -0.492 e. The normalized spacial score (nSPS) is 12.1. The van der Waals surface area contributed by atoms with Gasteiger partial charge in [-0.2, -0.15) is 0 Å². The topological polar surface area (TPSA) is 36.3 Å². The molecule has 1 aromatic heterocycles. The van der Waals surface area contributed by atoms with Crippen molar-refractivity contribution in [2.24, 2.45) is 0 Å². The average Bonchev–Trinajstić information content (AvgIpc) is 3.12. The van der Waals surface area contributed by atoms with Crippen LogP contribution in [-0.2, 0) is 6.54 Å². The second kappa shape index (κ2) is 9.04. The summed E-state index contributed by atoms with van der Waals surface area (Å²) in [7, 11) is 0. The standard InChI is InChI=1S/C26H28N2O2/c1-4-25(30-22-9-7-8-20(3)18-22)26-27-23-10-5-6-11-24(23)28(26)16-17-29-21-14-12-19(2)13-15-21/h5-15,18,25H,4,16-17H2,1-3H3. The van der Waals surface area contributed by atoms with E-state index in [0.29, 0.717) is 13.2 Å². The fourth-order valence-electron chi connectivity index (χ4n) is 3.64. The molecule has 1 unspecified atom stereocenters. The number of para-hydroxylation sites is 2. The van der Waals surface area contributed by atoms with Crippen molar-refractivity contribution in [2.45, 2.75) is 39.8 Å². The predicted molar refractivity (Wildman–Crippen MR) is 121 cm³/mol. The maximum atomic E-state index is 6.35. The highest BCUT2D eigenvalue weighted by Crippen LogP contribution is 2.28. The van der Waals surface area contributed by atoms with Crippen molar-refractivity contribution in [1.82, 2.24) is 9.55 Å². The van der Waals surface area contributed by atoms with Crippen molar-refractivity contribution in [3.63, 3.8) is 0 Å². The maximum Gasteiger partial charge on any atom is 0.156 e. The van der Waals surface area contributed by atoms with Crippen molar-refractivity contribution in [3.8, 4) is 11.5 Å². The highest BCUT2D eigenvalue weighted by molar-refractivity contribution is 5.76. The number of nitrogens with zero attached hydrogens (tertiary/aromatic N) is 2. The number of imidazole rings is 1. The number of hydrogen-bond acceptors (Lipinski definition) is 3. The van der Waals surface area contributed by atoms with Crippen LogP contribution in [0.25, 0.3) is 11.0 Å². The third kappa shape index (κ3) is 4.48. The van der Waals surface area contributed by atoms with E-state index in [2.05, 4.69) is 61.7 Å². The molecule has 4 heteroatoms. The van der Waals surface area contributed by atoms with E-state index in [4.69, 9.17) is 14.5 Å². The molecule has 0 aliphatic heterocycles. The van der Waals surface area contributed by atoms with E-state index in [9.17, 15) is 0 Å². The zero-order chi connectivity index (χ0) is 20.9. The van der Waals surface area contributed by atoms with Crippen molar-refractivity contribution < 1.29 is 9.47 Å². The van der Waals surface area contributed by atoms with Crippen LogP contribution in [0.1, 0.15) is 36.4 Å². The first kappa shape index (κ1) is 20.0. The van der Waals surface area contributed by atoms with E-state index >= 15 is 0 Å². The molecule has 30 heavy (non-hydrogen) atoms. The Labute approximate surface area is 178 Å². The second-order valence-electron chi connectivity index (χ2n) is 7.60. The Bertz CT molecular complexity index is 1120. The van der Waals surface area contributed by atoms with Crippen LogP contribution in [0.15, 0.2) is 72.8 Å². The summed E-state index contributed by atoms with van der Waals surface area (Å²) in [6.07, 6.45) is 0.703. The van der Waals surface area contributed by atoms with Gasteiger partial charge in [-0.15, -0.1) is 0 Å². The number of aromatic nitrogens is 2. The van der Waals surface area contributed by atoms with Crippen LogP contribution in [0.2, 0.25) is 0 Å². The van der Waals surface area contributed by atoms with Gasteiger partial charge in [-0.1, -0.05) is 48.9 Å². The summed E-state index contributed by atoms with van der Waals surface area (Å²) in [5.41, 5.74) is 4.49. The van der Waals surface area contributed by atoms with Crippen LogP contribution < -0.4 is 9.47 Å². The molecular weight excluding hydrogens is 372 g/mol. The molecule has 4 nitrogen and oxygen atoms in total. The van der Waals surface area contributed by atoms with Gasteiger partial charge >= 0.3 is 0 Å². The molecule has 0 saturated heterocycles. The third-order valence-electron chi connectivity index (χ3n) is 5.22. The van der Waals surface area contributed by atoms with Crippen LogP contribution >= 0.6 is 0 Å². The van der Waals surface area contributed by atoms with Gasteiger partial charge in [0.05, 0.1) is 17.6 Å². The first-order chi connectivity index (χ1) is 14.6. The van der Waals surface area contributed by atoms with E-state index in [1.807, 2.05) is 36.4 Å². The molecular formula is C26H28N2O2. The Morgan fingerprint density at radius 3 is 2.43 bits per heavy atom. The van der Waals surface area contributed by atoms with Gasteiger partial charge in [0, 0.05) is 0 Å². The first-order valence-electron chi connectivity index (χ1n) is 10.5. The smallest absolute Gasteiger partial charge is 0.156 e. The van der Waals surface area contributed by atoms with Gasteiger partial charge in [-0.3, -0.25) is 0 Å². The van der Waals surface area contributed by atoms with Gasteiger partial charge in [0.15, 0.2) is 11.9 Å². The van der Waals surface area contributed by atoms with Gasteiger partial charge < -0.3 is 14.0 Å². The van der Waals surface area contributed by atoms with Crippen molar-refractivity contribution in [2.75, 3.05) is 6.61 Å². The molecule has 0 saturated carbocycles. The summed E-state index contributed by atoms with van der Waals surface area (Å²) in [6, 6.07) is 24.6. The Balaban J connectivity index is 1.59. The SMILES string of the molecule is CCC(Oc1cccc(C)c1)c1nc2ccccc2n1CCOc1ccc(C)cc1. The Kier molecular flexibility index (Phi) is 6.03.